The number of alkyl halides is 1. The molecule has 0 amide bonds. The highest BCUT2D eigenvalue weighted by atomic mass is 35.5. The smallest absolute Gasteiger partial charge is 0.159 e. The summed E-state index contributed by atoms with van der Waals surface area (Å²) in [6, 6.07) is 0. The van der Waals surface area contributed by atoms with Crippen molar-refractivity contribution < 1.29 is 9.13 Å². The molecule has 0 saturated carbocycles. The standard InChI is InChI=1S/C10H13ClFNO/c1-6(2)14-5-7-3-10(13)9(12)4-8(7)11/h3-6,9H,13H2,1-2H3/b7-5+. The second kappa shape index (κ2) is 4.51. The van der Waals surface area contributed by atoms with Crippen molar-refractivity contribution in [3.05, 3.63) is 34.7 Å². The van der Waals surface area contributed by atoms with Gasteiger partial charge in [-0.3, -0.25) is 0 Å². The van der Waals surface area contributed by atoms with Crippen LogP contribution in [0.3, 0.4) is 0 Å². The molecule has 1 atom stereocenters. The van der Waals surface area contributed by atoms with E-state index >= 15 is 0 Å². The Kier molecular flexibility index (Phi) is 3.58. The maximum Gasteiger partial charge on any atom is 0.159 e. The molecule has 0 aromatic rings. The summed E-state index contributed by atoms with van der Waals surface area (Å²) in [6.07, 6.45) is 2.99. The summed E-state index contributed by atoms with van der Waals surface area (Å²) < 4.78 is 18.2. The fraction of sp³-hybridized carbons (Fsp3) is 0.400. The van der Waals surface area contributed by atoms with Gasteiger partial charge in [0, 0.05) is 11.3 Å². The predicted octanol–water partition coefficient (Wildman–Crippen LogP) is 2.61. The molecule has 0 bridgehead atoms. The van der Waals surface area contributed by atoms with Crippen molar-refractivity contribution in [2.75, 3.05) is 0 Å². The van der Waals surface area contributed by atoms with Crippen LogP contribution < -0.4 is 5.73 Å². The first-order valence-corrected chi connectivity index (χ1v) is 4.73. The topological polar surface area (TPSA) is 35.2 Å². The van der Waals surface area contributed by atoms with Crippen LogP contribution in [0.4, 0.5) is 4.39 Å². The number of allylic oxidation sites excluding steroid dienone is 4. The van der Waals surface area contributed by atoms with Gasteiger partial charge in [0.15, 0.2) is 6.17 Å². The third-order valence-electron chi connectivity index (χ3n) is 1.68. The first-order chi connectivity index (χ1) is 6.50. The summed E-state index contributed by atoms with van der Waals surface area (Å²) in [4.78, 5) is 0. The van der Waals surface area contributed by atoms with E-state index in [1.807, 2.05) is 13.8 Å². The second-order valence-electron chi connectivity index (χ2n) is 3.32. The minimum atomic E-state index is -1.29. The molecule has 1 aliphatic carbocycles. The van der Waals surface area contributed by atoms with Crippen LogP contribution in [0.5, 0.6) is 0 Å². The van der Waals surface area contributed by atoms with Crippen molar-refractivity contribution in [2.24, 2.45) is 5.73 Å². The van der Waals surface area contributed by atoms with Crippen molar-refractivity contribution >= 4 is 11.6 Å². The first kappa shape index (κ1) is 11.1. The summed E-state index contributed by atoms with van der Waals surface area (Å²) in [7, 11) is 0. The van der Waals surface area contributed by atoms with E-state index < -0.39 is 6.17 Å². The molecule has 0 aromatic heterocycles. The van der Waals surface area contributed by atoms with Gasteiger partial charge in [-0.15, -0.1) is 0 Å². The first-order valence-electron chi connectivity index (χ1n) is 4.35. The molecule has 0 aromatic carbocycles. The van der Waals surface area contributed by atoms with Gasteiger partial charge in [-0.2, -0.15) is 0 Å². The maximum atomic E-state index is 13.0. The molecule has 2 nitrogen and oxygen atoms in total. The van der Waals surface area contributed by atoms with Gasteiger partial charge in [0.2, 0.25) is 0 Å². The number of halogens is 2. The fourth-order valence-electron chi connectivity index (χ4n) is 0.949. The average molecular weight is 218 g/mol. The molecule has 1 aliphatic rings. The lowest BCUT2D eigenvalue weighted by Gasteiger charge is -2.14. The molecular weight excluding hydrogens is 205 g/mol. The van der Waals surface area contributed by atoms with E-state index in [2.05, 4.69) is 0 Å². The van der Waals surface area contributed by atoms with Crippen molar-refractivity contribution in [1.82, 2.24) is 0 Å². The summed E-state index contributed by atoms with van der Waals surface area (Å²) in [5, 5.41) is 0.326. The lowest BCUT2D eigenvalue weighted by molar-refractivity contribution is 0.178. The Hall–Kier alpha value is -0.960. The summed E-state index contributed by atoms with van der Waals surface area (Å²) in [5.41, 5.74) is 6.17. The molecule has 0 spiro atoms. The number of nitrogens with two attached hydrogens (primary N) is 1. The Balaban J connectivity index is 2.80. The van der Waals surface area contributed by atoms with Gasteiger partial charge >= 0.3 is 0 Å². The molecule has 2 N–H and O–H groups in total. The van der Waals surface area contributed by atoms with Crippen LogP contribution in [-0.4, -0.2) is 12.3 Å². The molecular formula is C10H13ClFNO. The third kappa shape index (κ3) is 2.77. The number of hydrogen-bond acceptors (Lipinski definition) is 2. The van der Waals surface area contributed by atoms with Gasteiger partial charge < -0.3 is 10.5 Å². The van der Waals surface area contributed by atoms with Gasteiger partial charge in [0.05, 0.1) is 17.4 Å². The summed E-state index contributed by atoms with van der Waals surface area (Å²) >= 11 is 5.80. The van der Waals surface area contributed by atoms with E-state index in [1.165, 1.54) is 18.4 Å². The molecule has 4 heteroatoms. The maximum absolute atomic E-state index is 13.0. The van der Waals surface area contributed by atoms with Crippen LogP contribution in [-0.2, 0) is 4.74 Å². The van der Waals surface area contributed by atoms with Gasteiger partial charge in [0.1, 0.15) is 0 Å². The largest absolute Gasteiger partial charge is 0.498 e. The molecule has 1 rings (SSSR count). The number of ether oxygens (including phenoxy) is 1. The lowest BCUT2D eigenvalue weighted by atomic mass is 10.1. The van der Waals surface area contributed by atoms with Crippen LogP contribution in [0, 0.1) is 0 Å². The lowest BCUT2D eigenvalue weighted by Crippen LogP contribution is -2.14. The molecule has 0 saturated heterocycles. The van der Waals surface area contributed by atoms with E-state index in [0.717, 1.165) is 0 Å². The Morgan fingerprint density at radius 1 is 1.64 bits per heavy atom. The highest BCUT2D eigenvalue weighted by molar-refractivity contribution is 6.32. The van der Waals surface area contributed by atoms with Gasteiger partial charge in [0.25, 0.3) is 0 Å². The van der Waals surface area contributed by atoms with Crippen molar-refractivity contribution in [2.45, 2.75) is 26.1 Å². The molecule has 78 valence electrons. The summed E-state index contributed by atoms with van der Waals surface area (Å²) in [6.45, 7) is 3.78. The molecule has 0 fully saturated rings. The molecule has 0 aliphatic heterocycles. The zero-order valence-electron chi connectivity index (χ0n) is 8.13. The van der Waals surface area contributed by atoms with Crippen LogP contribution in [0.15, 0.2) is 34.7 Å². The second-order valence-corrected chi connectivity index (χ2v) is 3.73. The van der Waals surface area contributed by atoms with Crippen molar-refractivity contribution in [3.8, 4) is 0 Å². The predicted molar refractivity (Wildman–Crippen MR) is 55.4 cm³/mol. The van der Waals surface area contributed by atoms with E-state index in [0.29, 0.717) is 10.6 Å². The summed E-state index contributed by atoms with van der Waals surface area (Å²) in [5.74, 6) is 0. The quantitative estimate of drug-likeness (QED) is 0.722. The Bertz CT molecular complexity index is 307. The van der Waals surface area contributed by atoms with Crippen LogP contribution in [0.2, 0.25) is 0 Å². The zero-order chi connectivity index (χ0) is 10.7. The minimum absolute atomic E-state index is 0.0599. The zero-order valence-corrected chi connectivity index (χ0v) is 8.88. The number of rotatable bonds is 2. The molecule has 0 heterocycles. The Morgan fingerprint density at radius 3 is 2.86 bits per heavy atom. The van der Waals surface area contributed by atoms with E-state index in [4.69, 9.17) is 22.1 Å². The van der Waals surface area contributed by atoms with E-state index in [1.54, 1.807) is 0 Å². The van der Waals surface area contributed by atoms with Crippen molar-refractivity contribution in [3.63, 3.8) is 0 Å². The monoisotopic (exact) mass is 217 g/mol. The van der Waals surface area contributed by atoms with Crippen LogP contribution in [0.1, 0.15) is 13.8 Å². The highest BCUT2D eigenvalue weighted by Gasteiger charge is 2.16. The SMILES string of the molecule is CC(C)O/C=C1\C=C(N)C(F)C=C1Cl. The van der Waals surface area contributed by atoms with E-state index in [-0.39, 0.29) is 11.8 Å². The third-order valence-corrected chi connectivity index (χ3v) is 2.02. The van der Waals surface area contributed by atoms with Crippen LogP contribution in [0.25, 0.3) is 0 Å². The Morgan fingerprint density at radius 2 is 2.29 bits per heavy atom. The fourth-order valence-corrected chi connectivity index (χ4v) is 1.16. The van der Waals surface area contributed by atoms with Crippen LogP contribution >= 0.6 is 11.6 Å². The van der Waals surface area contributed by atoms with Crippen molar-refractivity contribution in [1.29, 1.82) is 0 Å². The molecule has 1 unspecified atom stereocenters. The Labute approximate surface area is 87.9 Å². The molecule has 14 heavy (non-hydrogen) atoms. The van der Waals surface area contributed by atoms with Gasteiger partial charge in [-0.1, -0.05) is 11.6 Å². The highest BCUT2D eigenvalue weighted by Crippen LogP contribution is 2.25. The van der Waals surface area contributed by atoms with Gasteiger partial charge in [-0.05, 0) is 26.0 Å². The van der Waals surface area contributed by atoms with E-state index in [9.17, 15) is 4.39 Å². The number of hydrogen-bond donors (Lipinski definition) is 1. The average Bonchev–Trinajstić information content (AvgIpc) is 2.09. The normalized spacial score (nSPS) is 24.9. The van der Waals surface area contributed by atoms with Gasteiger partial charge in [-0.25, -0.2) is 4.39 Å². The minimum Gasteiger partial charge on any atom is -0.498 e. The molecule has 0 radical (unpaired) electrons.